The van der Waals surface area contributed by atoms with Gasteiger partial charge in [-0.3, -0.25) is 4.79 Å². The highest BCUT2D eigenvalue weighted by Gasteiger charge is 2.09. The largest absolute Gasteiger partial charge is 0.497 e. The first-order valence-corrected chi connectivity index (χ1v) is 6.38. The summed E-state index contributed by atoms with van der Waals surface area (Å²) >= 11 is 0. The Bertz CT molecular complexity index is 626. The first kappa shape index (κ1) is 14.8. The number of hydrogen-bond donors (Lipinski definition) is 1. The highest BCUT2D eigenvalue weighted by atomic mass is 19.1. The second kappa shape index (κ2) is 6.74. The predicted octanol–water partition coefficient (Wildman–Crippen LogP) is 3.14. The highest BCUT2D eigenvalue weighted by molar-refractivity contribution is 5.99. The van der Waals surface area contributed by atoms with E-state index >= 15 is 0 Å². The number of anilines is 1. The molecule has 2 rings (SSSR count). The van der Waals surface area contributed by atoms with E-state index in [1.807, 2.05) is 0 Å². The predicted molar refractivity (Wildman–Crippen MR) is 78.8 cm³/mol. The van der Waals surface area contributed by atoms with Crippen LogP contribution in [0.25, 0.3) is 0 Å². The van der Waals surface area contributed by atoms with E-state index in [-0.39, 0.29) is 18.1 Å². The molecule has 110 valence electrons. The van der Waals surface area contributed by atoms with Crippen molar-refractivity contribution in [2.24, 2.45) is 0 Å². The van der Waals surface area contributed by atoms with E-state index in [2.05, 4.69) is 5.32 Å². The Balaban J connectivity index is 2.08. The van der Waals surface area contributed by atoms with Crippen LogP contribution in [0.4, 0.5) is 10.1 Å². The van der Waals surface area contributed by atoms with E-state index in [9.17, 15) is 9.18 Å². The highest BCUT2D eigenvalue weighted by Crippen LogP contribution is 2.28. The Hall–Kier alpha value is -2.56. The lowest BCUT2D eigenvalue weighted by molar-refractivity contribution is 0.101. The van der Waals surface area contributed by atoms with Crippen LogP contribution < -0.4 is 14.8 Å². The van der Waals surface area contributed by atoms with E-state index in [0.717, 1.165) is 0 Å². The van der Waals surface area contributed by atoms with Gasteiger partial charge in [-0.1, -0.05) is 0 Å². The van der Waals surface area contributed by atoms with Crippen LogP contribution in [0.1, 0.15) is 10.4 Å². The van der Waals surface area contributed by atoms with Crippen LogP contribution in [-0.4, -0.2) is 26.5 Å². The third-order valence-electron chi connectivity index (χ3n) is 3.01. The molecule has 0 radical (unpaired) electrons. The molecule has 0 saturated carbocycles. The molecule has 0 aliphatic rings. The molecule has 0 amide bonds. The zero-order valence-electron chi connectivity index (χ0n) is 11.9. The second-order valence-corrected chi connectivity index (χ2v) is 4.35. The van der Waals surface area contributed by atoms with Gasteiger partial charge in [0.2, 0.25) is 0 Å². The minimum Gasteiger partial charge on any atom is -0.497 e. The van der Waals surface area contributed by atoms with Crippen molar-refractivity contribution in [2.75, 3.05) is 26.1 Å². The zero-order chi connectivity index (χ0) is 15.2. The third-order valence-corrected chi connectivity index (χ3v) is 3.01. The fraction of sp³-hybridized carbons (Fsp3) is 0.188. The van der Waals surface area contributed by atoms with Crippen LogP contribution in [0.15, 0.2) is 42.5 Å². The number of ketones is 1. The monoisotopic (exact) mass is 289 g/mol. The number of methoxy groups -OCH3 is 2. The lowest BCUT2D eigenvalue weighted by Gasteiger charge is -2.12. The van der Waals surface area contributed by atoms with E-state index < -0.39 is 0 Å². The smallest absolute Gasteiger partial charge is 0.181 e. The van der Waals surface area contributed by atoms with Gasteiger partial charge in [-0.15, -0.1) is 0 Å². The molecular weight excluding hydrogens is 273 g/mol. The molecule has 0 unspecified atom stereocenters. The quantitative estimate of drug-likeness (QED) is 0.830. The minimum atomic E-state index is -0.367. The Kier molecular flexibility index (Phi) is 4.77. The first-order chi connectivity index (χ1) is 10.1. The molecule has 2 aromatic carbocycles. The summed E-state index contributed by atoms with van der Waals surface area (Å²) in [5.74, 6) is 0.768. The fourth-order valence-corrected chi connectivity index (χ4v) is 1.87. The third kappa shape index (κ3) is 3.72. The van der Waals surface area contributed by atoms with Crippen LogP contribution in [0.5, 0.6) is 11.5 Å². The number of ether oxygens (including phenoxy) is 2. The van der Waals surface area contributed by atoms with Crippen molar-refractivity contribution in [3.63, 3.8) is 0 Å². The Morgan fingerprint density at radius 1 is 1.10 bits per heavy atom. The van der Waals surface area contributed by atoms with E-state index in [1.165, 1.54) is 24.3 Å². The zero-order valence-corrected chi connectivity index (χ0v) is 11.9. The standard InChI is InChI=1S/C16H16FNO3/c1-20-13-7-8-16(21-2)14(9-13)18-10-15(19)11-3-5-12(17)6-4-11/h3-9,18H,10H2,1-2H3. The summed E-state index contributed by atoms with van der Waals surface area (Å²) in [6.45, 7) is 0.0785. The lowest BCUT2D eigenvalue weighted by Crippen LogP contribution is -2.14. The molecule has 0 aromatic heterocycles. The van der Waals surface area contributed by atoms with Gasteiger partial charge >= 0.3 is 0 Å². The summed E-state index contributed by atoms with van der Waals surface area (Å²) in [6, 6.07) is 10.7. The fourth-order valence-electron chi connectivity index (χ4n) is 1.87. The Labute approximate surface area is 122 Å². The Morgan fingerprint density at radius 2 is 1.81 bits per heavy atom. The van der Waals surface area contributed by atoms with Gasteiger partial charge in [0, 0.05) is 11.6 Å². The molecule has 0 fully saturated rings. The maximum atomic E-state index is 12.8. The number of benzene rings is 2. The average Bonchev–Trinajstić information content (AvgIpc) is 2.52. The molecule has 0 spiro atoms. The molecule has 0 bridgehead atoms. The van der Waals surface area contributed by atoms with Gasteiger partial charge in [-0.2, -0.15) is 0 Å². The van der Waals surface area contributed by atoms with Gasteiger partial charge in [0.1, 0.15) is 17.3 Å². The molecule has 0 aliphatic carbocycles. The van der Waals surface area contributed by atoms with Crippen LogP contribution in [-0.2, 0) is 0 Å². The maximum Gasteiger partial charge on any atom is 0.181 e. The first-order valence-electron chi connectivity index (χ1n) is 6.38. The molecule has 0 saturated heterocycles. The van der Waals surface area contributed by atoms with Gasteiger partial charge in [0.25, 0.3) is 0 Å². The maximum absolute atomic E-state index is 12.8. The number of carbonyl (C=O) groups excluding carboxylic acids is 1. The van der Waals surface area contributed by atoms with E-state index in [4.69, 9.17) is 9.47 Å². The summed E-state index contributed by atoms with van der Waals surface area (Å²) < 4.78 is 23.2. The van der Waals surface area contributed by atoms with E-state index in [0.29, 0.717) is 22.7 Å². The van der Waals surface area contributed by atoms with Gasteiger partial charge < -0.3 is 14.8 Å². The van der Waals surface area contributed by atoms with Crippen molar-refractivity contribution >= 4 is 11.5 Å². The van der Waals surface area contributed by atoms with Crippen LogP contribution in [0, 0.1) is 5.82 Å². The molecule has 0 aliphatic heterocycles. The van der Waals surface area contributed by atoms with Crippen LogP contribution in [0.3, 0.4) is 0 Å². The van der Waals surface area contributed by atoms with Crippen molar-refractivity contribution in [3.05, 3.63) is 53.8 Å². The summed E-state index contributed by atoms with van der Waals surface area (Å²) in [5.41, 5.74) is 1.11. The molecule has 1 N–H and O–H groups in total. The molecule has 5 heteroatoms. The minimum absolute atomic E-state index is 0.0785. The van der Waals surface area contributed by atoms with Crippen molar-refractivity contribution in [3.8, 4) is 11.5 Å². The molecular formula is C16H16FNO3. The average molecular weight is 289 g/mol. The molecule has 0 atom stereocenters. The summed E-state index contributed by atoms with van der Waals surface area (Å²) in [4.78, 5) is 12.0. The van der Waals surface area contributed by atoms with Crippen molar-refractivity contribution in [1.82, 2.24) is 0 Å². The molecule has 0 heterocycles. The SMILES string of the molecule is COc1ccc(OC)c(NCC(=O)c2ccc(F)cc2)c1. The van der Waals surface area contributed by atoms with Gasteiger partial charge in [0.05, 0.1) is 26.5 Å². The van der Waals surface area contributed by atoms with Crippen LogP contribution in [0.2, 0.25) is 0 Å². The number of Topliss-reactive ketones (excluding diaryl/α,β-unsaturated/α-hetero) is 1. The molecule has 2 aromatic rings. The Morgan fingerprint density at radius 3 is 2.43 bits per heavy atom. The van der Waals surface area contributed by atoms with Gasteiger partial charge in [-0.25, -0.2) is 4.39 Å². The molecule has 21 heavy (non-hydrogen) atoms. The van der Waals surface area contributed by atoms with Crippen LogP contribution >= 0.6 is 0 Å². The number of halogens is 1. The topological polar surface area (TPSA) is 47.6 Å². The van der Waals surface area contributed by atoms with Gasteiger partial charge in [0.15, 0.2) is 5.78 Å². The normalized spacial score (nSPS) is 10.0. The van der Waals surface area contributed by atoms with Crippen molar-refractivity contribution in [2.45, 2.75) is 0 Å². The summed E-state index contributed by atoms with van der Waals surface area (Å²) in [7, 11) is 3.12. The van der Waals surface area contributed by atoms with Gasteiger partial charge in [-0.05, 0) is 36.4 Å². The second-order valence-electron chi connectivity index (χ2n) is 4.35. The number of nitrogens with one attached hydrogen (secondary N) is 1. The summed E-state index contributed by atoms with van der Waals surface area (Å²) in [6.07, 6.45) is 0. The lowest BCUT2D eigenvalue weighted by atomic mass is 10.1. The summed E-state index contributed by atoms with van der Waals surface area (Å²) in [5, 5.41) is 3.00. The number of rotatable bonds is 6. The van der Waals surface area contributed by atoms with Crippen molar-refractivity contribution < 1.29 is 18.7 Å². The number of carbonyl (C=O) groups is 1. The number of hydrogen-bond acceptors (Lipinski definition) is 4. The van der Waals surface area contributed by atoms with E-state index in [1.54, 1.807) is 32.4 Å². The molecule has 4 nitrogen and oxygen atoms in total. The van der Waals surface area contributed by atoms with Crippen molar-refractivity contribution in [1.29, 1.82) is 0 Å².